The van der Waals surface area contributed by atoms with Crippen LogP contribution in [0.2, 0.25) is 5.02 Å². The van der Waals surface area contributed by atoms with E-state index in [-0.39, 0.29) is 5.83 Å². The molecule has 0 unspecified atom stereocenters. The Labute approximate surface area is 82.4 Å². The molecule has 1 rings (SSSR count). The highest BCUT2D eigenvalue weighted by Gasteiger charge is 1.98. The average molecular weight is 283 g/mol. The van der Waals surface area contributed by atoms with Gasteiger partial charge >= 0.3 is 0 Å². The van der Waals surface area contributed by atoms with E-state index in [1.807, 2.05) is 22.6 Å². The maximum absolute atomic E-state index is 12.7. The van der Waals surface area contributed by atoms with Gasteiger partial charge in [-0.05, 0) is 34.7 Å². The van der Waals surface area contributed by atoms with Crippen molar-refractivity contribution in [3.63, 3.8) is 0 Å². The van der Waals surface area contributed by atoms with Gasteiger partial charge in [-0.2, -0.15) is 0 Å². The van der Waals surface area contributed by atoms with E-state index in [1.54, 1.807) is 6.07 Å². The molecule has 0 aliphatic carbocycles. The van der Waals surface area contributed by atoms with Crippen LogP contribution in [0.1, 0.15) is 5.69 Å². The summed E-state index contributed by atoms with van der Waals surface area (Å²) in [5, 5.41) is 0.509. The van der Waals surface area contributed by atoms with Gasteiger partial charge in [0.15, 0.2) is 5.83 Å². The fourth-order valence-electron chi connectivity index (χ4n) is 0.573. The van der Waals surface area contributed by atoms with Crippen molar-refractivity contribution in [1.82, 2.24) is 4.98 Å². The Bertz CT molecular complexity index is 270. The molecule has 0 N–H and O–H groups in total. The summed E-state index contributed by atoms with van der Waals surface area (Å²) in [7, 11) is 0. The molecule has 0 aromatic carbocycles. The molecule has 0 aliphatic rings. The van der Waals surface area contributed by atoms with Crippen LogP contribution in [0.25, 0.3) is 5.83 Å². The molecule has 58 valence electrons. The third-order valence-electron chi connectivity index (χ3n) is 1.07. The van der Waals surface area contributed by atoms with E-state index in [4.69, 9.17) is 11.6 Å². The molecular formula is C7H4ClFIN. The van der Waals surface area contributed by atoms with Crippen LogP contribution in [-0.4, -0.2) is 4.98 Å². The highest BCUT2D eigenvalue weighted by atomic mass is 127. The molecule has 0 radical (unpaired) electrons. The van der Waals surface area contributed by atoms with E-state index in [0.717, 1.165) is 0 Å². The predicted octanol–water partition coefficient (Wildman–Crippen LogP) is 3.44. The molecular weight excluding hydrogens is 279 g/mol. The Morgan fingerprint density at radius 3 is 2.82 bits per heavy atom. The van der Waals surface area contributed by atoms with Crippen molar-refractivity contribution in [3.8, 4) is 0 Å². The highest BCUT2D eigenvalue weighted by molar-refractivity contribution is 14.1. The van der Waals surface area contributed by atoms with Crippen molar-refractivity contribution in [2.45, 2.75) is 0 Å². The summed E-state index contributed by atoms with van der Waals surface area (Å²) >= 11 is 7.37. The lowest BCUT2D eigenvalue weighted by Crippen LogP contribution is -1.81. The van der Waals surface area contributed by atoms with E-state index in [2.05, 4.69) is 4.98 Å². The largest absolute Gasteiger partial charge is 0.252 e. The third kappa shape index (κ3) is 2.41. The minimum absolute atomic E-state index is 0.309. The van der Waals surface area contributed by atoms with Crippen molar-refractivity contribution in [2.24, 2.45) is 0 Å². The summed E-state index contributed by atoms with van der Waals surface area (Å²) in [5.74, 6) is -0.345. The average Bonchev–Trinajstić information content (AvgIpc) is 2.05. The zero-order valence-corrected chi connectivity index (χ0v) is 8.30. The normalized spacial score (nSPS) is 11.7. The van der Waals surface area contributed by atoms with E-state index in [1.165, 1.54) is 16.3 Å². The first-order valence-electron chi connectivity index (χ1n) is 2.82. The molecule has 0 aliphatic heterocycles. The maximum Gasteiger partial charge on any atom is 0.154 e. The van der Waals surface area contributed by atoms with Crippen LogP contribution in [0.4, 0.5) is 4.39 Å². The predicted molar refractivity (Wildman–Crippen MR) is 52.4 cm³/mol. The first kappa shape index (κ1) is 8.93. The van der Waals surface area contributed by atoms with E-state index in [0.29, 0.717) is 10.7 Å². The van der Waals surface area contributed by atoms with Crippen LogP contribution in [-0.2, 0) is 0 Å². The van der Waals surface area contributed by atoms with Gasteiger partial charge < -0.3 is 0 Å². The second-order valence-corrected chi connectivity index (χ2v) is 2.88. The fourth-order valence-corrected chi connectivity index (χ4v) is 1.00. The first-order chi connectivity index (χ1) is 5.24. The molecule has 0 atom stereocenters. The van der Waals surface area contributed by atoms with Crippen molar-refractivity contribution < 1.29 is 4.39 Å². The molecule has 1 aromatic heterocycles. The van der Waals surface area contributed by atoms with E-state index < -0.39 is 0 Å². The molecule has 1 aromatic rings. The summed E-state index contributed by atoms with van der Waals surface area (Å²) < 4.78 is 14.1. The molecule has 0 bridgehead atoms. The van der Waals surface area contributed by atoms with Crippen molar-refractivity contribution in [3.05, 3.63) is 33.1 Å². The molecule has 1 nitrogen and oxygen atoms in total. The van der Waals surface area contributed by atoms with Crippen molar-refractivity contribution in [1.29, 1.82) is 0 Å². The Balaban J connectivity index is 2.99. The van der Waals surface area contributed by atoms with Gasteiger partial charge in [-0.3, -0.25) is 4.98 Å². The number of hydrogen-bond donors (Lipinski definition) is 0. The summed E-state index contributed by atoms with van der Waals surface area (Å²) in [6.07, 6.45) is 1.41. The summed E-state index contributed by atoms with van der Waals surface area (Å²) in [4.78, 5) is 3.77. The number of hydrogen-bond acceptors (Lipinski definition) is 1. The zero-order chi connectivity index (χ0) is 8.27. The third-order valence-corrected chi connectivity index (χ3v) is 1.84. The number of rotatable bonds is 1. The highest BCUT2D eigenvalue weighted by Crippen LogP contribution is 2.16. The van der Waals surface area contributed by atoms with Crippen LogP contribution >= 0.6 is 34.2 Å². The van der Waals surface area contributed by atoms with Crippen LogP contribution in [0.5, 0.6) is 0 Å². The second kappa shape index (κ2) is 4.01. The minimum Gasteiger partial charge on any atom is -0.252 e. The number of aromatic nitrogens is 1. The van der Waals surface area contributed by atoms with Crippen molar-refractivity contribution >= 4 is 40.0 Å². The molecule has 1 heterocycles. The Morgan fingerprint density at radius 1 is 1.64 bits per heavy atom. The fraction of sp³-hybridized carbons (Fsp3) is 0. The number of pyridine rings is 1. The monoisotopic (exact) mass is 283 g/mol. The zero-order valence-electron chi connectivity index (χ0n) is 5.39. The molecule has 0 spiro atoms. The van der Waals surface area contributed by atoms with Crippen LogP contribution < -0.4 is 0 Å². The maximum atomic E-state index is 12.7. The molecule has 0 fully saturated rings. The summed E-state index contributed by atoms with van der Waals surface area (Å²) in [6, 6.07) is 3.14. The molecule has 11 heavy (non-hydrogen) atoms. The van der Waals surface area contributed by atoms with Gasteiger partial charge in [0, 0.05) is 10.3 Å². The Morgan fingerprint density at radius 2 is 2.36 bits per heavy atom. The standard InChI is InChI=1S/C7H4ClFIN/c8-5-1-2-7(11-4-5)6(9)3-10/h1-4H/b6-3-. The lowest BCUT2D eigenvalue weighted by atomic mass is 10.3. The van der Waals surface area contributed by atoms with Gasteiger partial charge in [-0.25, -0.2) is 4.39 Å². The number of halogens is 3. The van der Waals surface area contributed by atoms with E-state index >= 15 is 0 Å². The quantitative estimate of drug-likeness (QED) is 0.720. The molecule has 4 heteroatoms. The van der Waals surface area contributed by atoms with Crippen LogP contribution in [0.3, 0.4) is 0 Å². The molecule has 0 saturated carbocycles. The second-order valence-electron chi connectivity index (χ2n) is 1.82. The van der Waals surface area contributed by atoms with Gasteiger partial charge in [0.1, 0.15) is 0 Å². The molecule has 0 saturated heterocycles. The van der Waals surface area contributed by atoms with Crippen molar-refractivity contribution in [2.75, 3.05) is 0 Å². The lowest BCUT2D eigenvalue weighted by Gasteiger charge is -1.93. The van der Waals surface area contributed by atoms with Gasteiger partial charge in [0.05, 0.1) is 10.7 Å². The van der Waals surface area contributed by atoms with Crippen LogP contribution in [0, 0.1) is 0 Å². The first-order valence-corrected chi connectivity index (χ1v) is 4.44. The summed E-state index contributed by atoms with van der Waals surface area (Å²) in [5.41, 5.74) is 0.309. The van der Waals surface area contributed by atoms with Crippen LogP contribution in [0.15, 0.2) is 22.4 Å². The summed E-state index contributed by atoms with van der Waals surface area (Å²) in [6.45, 7) is 0. The Kier molecular flexibility index (Phi) is 3.26. The van der Waals surface area contributed by atoms with Gasteiger partial charge in [0.25, 0.3) is 0 Å². The van der Waals surface area contributed by atoms with Gasteiger partial charge in [0.2, 0.25) is 0 Å². The van der Waals surface area contributed by atoms with E-state index in [9.17, 15) is 4.39 Å². The topological polar surface area (TPSA) is 12.9 Å². The number of nitrogens with zero attached hydrogens (tertiary/aromatic N) is 1. The molecule has 0 amide bonds. The minimum atomic E-state index is -0.345. The SMILES string of the molecule is F/C(=C\I)c1ccc(Cl)cn1. The Hall–Kier alpha value is -0.160. The van der Waals surface area contributed by atoms with Gasteiger partial charge in [-0.1, -0.05) is 11.6 Å². The lowest BCUT2D eigenvalue weighted by molar-refractivity contribution is 0.755. The smallest absolute Gasteiger partial charge is 0.154 e. The van der Waals surface area contributed by atoms with Gasteiger partial charge in [-0.15, -0.1) is 0 Å².